The van der Waals surface area contributed by atoms with Crippen LogP contribution in [0.3, 0.4) is 0 Å². The van der Waals surface area contributed by atoms with E-state index in [1.807, 2.05) is 0 Å². The molecule has 1 fully saturated rings. The Morgan fingerprint density at radius 3 is 1.11 bits per heavy atom. The summed E-state index contributed by atoms with van der Waals surface area (Å²) in [4.78, 5) is 13.2. The van der Waals surface area contributed by atoms with Crippen molar-refractivity contribution in [3.8, 4) is 0 Å². The standard InChI is InChI=1S/C69H131NO10/c1-3-5-7-9-11-13-15-17-19-21-23-25-27-29-31-33-35-37-39-41-43-45-47-49-51-53-55-57-62(73)68(78)70-60(59-79-69-67(77)66(76)65(75)63(58-71)80-69)64(74)61(72)56-54-52-50-48-46-44-42-40-38-36-34-32-30-28-26-24-22-20-18-16-14-12-10-8-6-4-2/h32,34,40,42,48,50,60-67,69,71-77H,3-31,33,35-39,41,43-47,49,51-59H2,1-2H3,(H,70,78)/b34-32+,42-40+,50-48+. The highest BCUT2D eigenvalue weighted by molar-refractivity contribution is 5.80. The van der Waals surface area contributed by atoms with Crippen LogP contribution in [0.1, 0.15) is 328 Å². The average molecular weight is 1130 g/mol. The van der Waals surface area contributed by atoms with E-state index in [0.29, 0.717) is 19.3 Å². The Morgan fingerprint density at radius 2 is 0.750 bits per heavy atom. The van der Waals surface area contributed by atoms with E-state index in [-0.39, 0.29) is 12.8 Å². The number of nitrogens with one attached hydrogen (secondary N) is 1. The largest absolute Gasteiger partial charge is 0.394 e. The van der Waals surface area contributed by atoms with Crippen LogP contribution in [0, 0.1) is 0 Å². The van der Waals surface area contributed by atoms with Gasteiger partial charge in [-0.2, -0.15) is 0 Å². The molecule has 1 heterocycles. The van der Waals surface area contributed by atoms with Gasteiger partial charge in [0.2, 0.25) is 5.91 Å². The number of aliphatic hydroxyl groups is 7. The summed E-state index contributed by atoms with van der Waals surface area (Å²) in [6, 6.07) is -1.19. The first-order valence-electron chi connectivity index (χ1n) is 34.4. The van der Waals surface area contributed by atoms with Crippen LogP contribution >= 0.6 is 0 Å². The molecule has 0 radical (unpaired) electrons. The quantitative estimate of drug-likeness (QED) is 0.0215. The maximum Gasteiger partial charge on any atom is 0.249 e. The van der Waals surface area contributed by atoms with Crippen molar-refractivity contribution in [2.45, 2.75) is 384 Å². The van der Waals surface area contributed by atoms with Crippen LogP contribution in [-0.2, 0) is 14.3 Å². The molecule has 1 saturated heterocycles. The van der Waals surface area contributed by atoms with Crippen molar-refractivity contribution in [1.29, 1.82) is 0 Å². The Hall–Kier alpha value is -1.67. The SMILES string of the molecule is CCCCCCCCCCCCCCC/C=C/CC/C=C/CC/C=C/CCCC(O)C(O)C(COC1OC(CO)C(O)C(O)C1O)NC(=O)C(O)CCCCCCCCCCCCCCCCCCCCCCCCCCCCC. The summed E-state index contributed by atoms with van der Waals surface area (Å²) in [5.41, 5.74) is 0. The molecule has 11 heteroatoms. The van der Waals surface area contributed by atoms with Gasteiger partial charge in [0.1, 0.15) is 36.6 Å². The maximum absolute atomic E-state index is 13.2. The van der Waals surface area contributed by atoms with Crippen molar-refractivity contribution in [2.75, 3.05) is 13.2 Å². The Morgan fingerprint density at radius 1 is 0.425 bits per heavy atom. The summed E-state index contributed by atoms with van der Waals surface area (Å²) in [6.07, 6.45) is 62.3. The number of amides is 1. The second kappa shape index (κ2) is 57.7. The minimum absolute atomic E-state index is 0.243. The molecule has 1 rings (SSSR count). The predicted octanol–water partition coefficient (Wildman–Crippen LogP) is 16.2. The van der Waals surface area contributed by atoms with Crippen LogP contribution in [0.25, 0.3) is 0 Å². The number of aliphatic hydroxyl groups excluding tert-OH is 7. The minimum Gasteiger partial charge on any atom is -0.394 e. The van der Waals surface area contributed by atoms with Gasteiger partial charge in [0.15, 0.2) is 6.29 Å². The van der Waals surface area contributed by atoms with E-state index in [0.717, 1.165) is 44.9 Å². The fourth-order valence-electron chi connectivity index (χ4n) is 11.1. The molecule has 11 nitrogen and oxygen atoms in total. The lowest BCUT2D eigenvalue weighted by molar-refractivity contribution is -0.303. The van der Waals surface area contributed by atoms with Crippen molar-refractivity contribution in [3.63, 3.8) is 0 Å². The highest BCUT2D eigenvalue weighted by Gasteiger charge is 2.44. The second-order valence-electron chi connectivity index (χ2n) is 24.2. The third-order valence-corrected chi connectivity index (χ3v) is 16.7. The van der Waals surface area contributed by atoms with Gasteiger partial charge in [-0.25, -0.2) is 0 Å². The van der Waals surface area contributed by atoms with Gasteiger partial charge in [-0.1, -0.05) is 301 Å². The lowest BCUT2D eigenvalue weighted by Crippen LogP contribution is -2.60. The molecule has 0 aromatic carbocycles. The van der Waals surface area contributed by atoms with Crippen molar-refractivity contribution >= 4 is 5.91 Å². The molecule has 0 aliphatic carbocycles. The molecule has 0 aromatic rings. The molecule has 9 atom stereocenters. The van der Waals surface area contributed by atoms with Crippen molar-refractivity contribution in [2.24, 2.45) is 0 Å². The Balaban J connectivity index is 2.25. The van der Waals surface area contributed by atoms with Gasteiger partial charge in [-0.15, -0.1) is 0 Å². The van der Waals surface area contributed by atoms with Gasteiger partial charge >= 0.3 is 0 Å². The summed E-state index contributed by atoms with van der Waals surface area (Å²) in [6.45, 7) is 3.49. The monoisotopic (exact) mass is 1130 g/mol. The van der Waals surface area contributed by atoms with E-state index in [1.54, 1.807) is 0 Å². The van der Waals surface area contributed by atoms with Crippen LogP contribution in [-0.4, -0.2) is 110 Å². The molecule has 0 aromatic heterocycles. The van der Waals surface area contributed by atoms with E-state index in [9.17, 15) is 40.5 Å². The van der Waals surface area contributed by atoms with Crippen LogP contribution in [0.15, 0.2) is 36.5 Å². The van der Waals surface area contributed by atoms with Crippen LogP contribution in [0.5, 0.6) is 0 Å². The number of allylic oxidation sites excluding steroid dienone is 6. The zero-order chi connectivity index (χ0) is 58.2. The van der Waals surface area contributed by atoms with E-state index in [2.05, 4.69) is 55.6 Å². The average Bonchev–Trinajstić information content (AvgIpc) is 3.47. The third-order valence-electron chi connectivity index (χ3n) is 16.7. The number of ether oxygens (including phenoxy) is 2. The normalized spacial score (nSPS) is 19.4. The second-order valence-corrected chi connectivity index (χ2v) is 24.2. The molecule has 8 N–H and O–H groups in total. The number of hydrogen-bond donors (Lipinski definition) is 8. The molecule has 472 valence electrons. The summed E-state index contributed by atoms with van der Waals surface area (Å²) in [5, 5.41) is 76.4. The van der Waals surface area contributed by atoms with Gasteiger partial charge in [-0.3, -0.25) is 4.79 Å². The first kappa shape index (κ1) is 76.3. The highest BCUT2D eigenvalue weighted by Crippen LogP contribution is 2.24. The first-order valence-corrected chi connectivity index (χ1v) is 34.4. The molecule has 0 saturated carbocycles. The molecule has 0 bridgehead atoms. The molecular weight excluding hydrogens is 1000 g/mol. The molecule has 80 heavy (non-hydrogen) atoms. The summed E-state index contributed by atoms with van der Waals surface area (Å²) >= 11 is 0. The Labute approximate surface area is 492 Å². The van der Waals surface area contributed by atoms with Crippen LogP contribution in [0.4, 0.5) is 0 Å². The third kappa shape index (κ3) is 44.8. The van der Waals surface area contributed by atoms with Crippen LogP contribution in [0.2, 0.25) is 0 Å². The number of unbranched alkanes of at least 4 members (excludes halogenated alkanes) is 42. The molecular formula is C69H131NO10. The van der Waals surface area contributed by atoms with E-state index in [4.69, 9.17) is 9.47 Å². The number of carbonyl (C=O) groups excluding carboxylic acids is 1. The number of carbonyl (C=O) groups is 1. The lowest BCUT2D eigenvalue weighted by atomic mass is 9.98. The predicted molar refractivity (Wildman–Crippen MR) is 335 cm³/mol. The molecule has 0 spiro atoms. The highest BCUT2D eigenvalue weighted by atomic mass is 16.7. The van der Waals surface area contributed by atoms with Gasteiger partial charge in [0.25, 0.3) is 0 Å². The number of rotatable bonds is 60. The fourth-order valence-corrected chi connectivity index (χ4v) is 11.1. The van der Waals surface area contributed by atoms with E-state index < -0.39 is 74.2 Å². The van der Waals surface area contributed by atoms with Gasteiger partial charge in [-0.05, 0) is 64.2 Å². The smallest absolute Gasteiger partial charge is 0.249 e. The summed E-state index contributed by atoms with van der Waals surface area (Å²) in [7, 11) is 0. The van der Waals surface area contributed by atoms with Gasteiger partial charge < -0.3 is 50.5 Å². The van der Waals surface area contributed by atoms with Crippen LogP contribution < -0.4 is 5.32 Å². The summed E-state index contributed by atoms with van der Waals surface area (Å²) < 4.78 is 11.2. The number of hydrogen-bond acceptors (Lipinski definition) is 10. The van der Waals surface area contributed by atoms with Gasteiger partial charge in [0.05, 0.1) is 25.4 Å². The minimum atomic E-state index is -1.67. The Kier molecular flexibility index (Phi) is 55.1. The fraction of sp³-hybridized carbons (Fsp3) is 0.899. The summed E-state index contributed by atoms with van der Waals surface area (Å²) in [5.74, 6) is -0.706. The van der Waals surface area contributed by atoms with Crippen molar-refractivity contribution in [1.82, 2.24) is 5.32 Å². The zero-order valence-electron chi connectivity index (χ0n) is 52.1. The van der Waals surface area contributed by atoms with Gasteiger partial charge in [0, 0.05) is 0 Å². The Bertz CT molecular complexity index is 1390. The zero-order valence-corrected chi connectivity index (χ0v) is 52.1. The molecule has 1 aliphatic rings. The van der Waals surface area contributed by atoms with Crippen molar-refractivity contribution < 1.29 is 50.0 Å². The maximum atomic E-state index is 13.2. The van der Waals surface area contributed by atoms with E-state index >= 15 is 0 Å². The van der Waals surface area contributed by atoms with E-state index in [1.165, 1.54) is 238 Å². The topological polar surface area (TPSA) is 189 Å². The molecule has 1 amide bonds. The lowest BCUT2D eigenvalue weighted by Gasteiger charge is -2.40. The molecule has 9 unspecified atom stereocenters. The molecule has 1 aliphatic heterocycles. The van der Waals surface area contributed by atoms with Crippen molar-refractivity contribution in [3.05, 3.63) is 36.5 Å². The first-order chi connectivity index (χ1) is 39.2.